The van der Waals surface area contributed by atoms with Crippen molar-refractivity contribution < 1.29 is 22.8 Å². The average molecular weight is 291 g/mol. The number of hydrogen-bond donors (Lipinski definition) is 2. The lowest BCUT2D eigenvalue weighted by Gasteiger charge is -2.11. The molecule has 0 aliphatic rings. The number of aromatic amines is 1. The maximum atomic E-state index is 12.3. The van der Waals surface area contributed by atoms with Crippen LogP contribution in [0.3, 0.4) is 0 Å². The minimum Gasteiger partial charge on any atom is -0.347 e. The lowest BCUT2D eigenvalue weighted by molar-refractivity contribution is -0.141. The van der Waals surface area contributed by atoms with Gasteiger partial charge >= 0.3 is 6.18 Å². The number of hydrogen-bond acceptors (Lipinski definition) is 3. The summed E-state index contributed by atoms with van der Waals surface area (Å²) in [6, 6.07) is 1.35. The third-order valence-electron chi connectivity index (χ3n) is 2.36. The molecule has 0 radical (unpaired) electrons. The first-order valence-corrected chi connectivity index (χ1v) is 5.42. The summed E-state index contributed by atoms with van der Waals surface area (Å²) in [7, 11) is 2.94. The average Bonchev–Trinajstić information content (AvgIpc) is 2.34. The fraction of sp³-hybridized carbons (Fsp3) is 0.364. The molecule has 1 aromatic rings. The predicted molar refractivity (Wildman–Crippen MR) is 63.1 cm³/mol. The number of nitrogens with zero attached hydrogens (tertiary/aromatic N) is 1. The number of nitrogens with one attached hydrogen (secondary N) is 2. The number of amides is 2. The number of likely N-dealkylation sites (N-methyl/N-ethyl adjacent to an activating group) is 1. The standard InChI is InChI=1S/C11H12F3N3O3/c1-17(2)8(18)5-15-9(19)6-3-4-7(11(12,13)14)16-10(6)20/h3-4H,5H2,1-2H3,(H,15,19)(H,16,20). The molecule has 110 valence electrons. The SMILES string of the molecule is CN(C)C(=O)CNC(=O)c1ccc(C(F)(F)F)[nH]c1=O. The number of pyridine rings is 1. The molecule has 0 aliphatic carbocycles. The van der Waals surface area contributed by atoms with Gasteiger partial charge in [-0.05, 0) is 12.1 Å². The van der Waals surface area contributed by atoms with Crippen LogP contribution >= 0.6 is 0 Å². The molecule has 9 heteroatoms. The van der Waals surface area contributed by atoms with Gasteiger partial charge in [0.1, 0.15) is 11.3 Å². The van der Waals surface area contributed by atoms with E-state index in [0.717, 1.165) is 6.07 Å². The highest BCUT2D eigenvalue weighted by atomic mass is 19.4. The van der Waals surface area contributed by atoms with Gasteiger partial charge in [0.25, 0.3) is 11.5 Å². The second-order valence-electron chi connectivity index (χ2n) is 4.08. The van der Waals surface area contributed by atoms with Crippen LogP contribution in [-0.2, 0) is 11.0 Å². The van der Waals surface area contributed by atoms with Crippen LogP contribution in [0.2, 0.25) is 0 Å². The first kappa shape index (κ1) is 15.7. The third kappa shape index (κ3) is 3.84. The van der Waals surface area contributed by atoms with Crippen molar-refractivity contribution in [1.82, 2.24) is 15.2 Å². The quantitative estimate of drug-likeness (QED) is 0.835. The van der Waals surface area contributed by atoms with Crippen molar-refractivity contribution in [3.8, 4) is 0 Å². The van der Waals surface area contributed by atoms with Crippen LogP contribution in [-0.4, -0.2) is 42.3 Å². The smallest absolute Gasteiger partial charge is 0.347 e. The Hall–Kier alpha value is -2.32. The maximum Gasteiger partial charge on any atom is 0.431 e. The van der Waals surface area contributed by atoms with Crippen molar-refractivity contribution in [3.05, 3.63) is 33.7 Å². The van der Waals surface area contributed by atoms with Gasteiger partial charge in [0, 0.05) is 14.1 Å². The van der Waals surface area contributed by atoms with Gasteiger partial charge in [-0.25, -0.2) is 0 Å². The molecule has 20 heavy (non-hydrogen) atoms. The summed E-state index contributed by atoms with van der Waals surface area (Å²) in [6.07, 6.45) is -4.70. The van der Waals surface area contributed by atoms with E-state index in [1.54, 1.807) is 4.98 Å². The normalized spacial score (nSPS) is 11.1. The summed E-state index contributed by atoms with van der Waals surface area (Å²) in [5.74, 6) is -1.34. The molecule has 0 aromatic carbocycles. The molecule has 0 aliphatic heterocycles. The Balaban J connectivity index is 2.85. The largest absolute Gasteiger partial charge is 0.431 e. The minimum absolute atomic E-state index is 0.355. The highest BCUT2D eigenvalue weighted by Crippen LogP contribution is 2.26. The number of rotatable bonds is 3. The fourth-order valence-electron chi connectivity index (χ4n) is 1.23. The molecule has 0 spiro atoms. The van der Waals surface area contributed by atoms with Gasteiger partial charge in [-0.1, -0.05) is 0 Å². The summed E-state index contributed by atoms with van der Waals surface area (Å²) >= 11 is 0. The van der Waals surface area contributed by atoms with E-state index in [1.807, 2.05) is 0 Å². The van der Waals surface area contributed by atoms with Crippen molar-refractivity contribution in [2.45, 2.75) is 6.18 Å². The molecule has 1 heterocycles. The number of alkyl halides is 3. The molecular formula is C11H12F3N3O3. The van der Waals surface area contributed by atoms with E-state index in [-0.39, 0.29) is 6.54 Å². The fourth-order valence-corrected chi connectivity index (χ4v) is 1.23. The van der Waals surface area contributed by atoms with Gasteiger partial charge in [-0.15, -0.1) is 0 Å². The van der Waals surface area contributed by atoms with Crippen molar-refractivity contribution >= 4 is 11.8 Å². The Labute approximate surface area is 111 Å². The Morgan fingerprint density at radius 1 is 1.30 bits per heavy atom. The second kappa shape index (κ2) is 5.76. The molecule has 1 rings (SSSR count). The van der Waals surface area contributed by atoms with Crippen molar-refractivity contribution in [2.75, 3.05) is 20.6 Å². The van der Waals surface area contributed by atoms with Crippen LogP contribution in [0.1, 0.15) is 16.1 Å². The van der Waals surface area contributed by atoms with Crippen LogP contribution < -0.4 is 10.9 Å². The molecule has 2 N–H and O–H groups in total. The molecular weight excluding hydrogens is 279 g/mol. The Morgan fingerprint density at radius 3 is 2.35 bits per heavy atom. The van der Waals surface area contributed by atoms with E-state index in [9.17, 15) is 27.6 Å². The number of H-pyrrole nitrogens is 1. The van der Waals surface area contributed by atoms with Gasteiger partial charge in [-0.3, -0.25) is 14.4 Å². The van der Waals surface area contributed by atoms with Gasteiger partial charge < -0.3 is 15.2 Å². The number of aromatic nitrogens is 1. The van der Waals surface area contributed by atoms with Gasteiger partial charge in [0.05, 0.1) is 6.54 Å². The molecule has 0 unspecified atom stereocenters. The van der Waals surface area contributed by atoms with Gasteiger partial charge in [0.2, 0.25) is 5.91 Å². The van der Waals surface area contributed by atoms with Crippen LogP contribution in [0.15, 0.2) is 16.9 Å². The summed E-state index contributed by atoms with van der Waals surface area (Å²) in [5, 5.41) is 2.15. The summed E-state index contributed by atoms with van der Waals surface area (Å²) in [5.41, 5.74) is -2.91. The first-order valence-electron chi connectivity index (χ1n) is 5.42. The lowest BCUT2D eigenvalue weighted by atomic mass is 10.2. The maximum absolute atomic E-state index is 12.3. The number of carbonyl (C=O) groups is 2. The Kier molecular flexibility index (Phi) is 4.53. The molecule has 0 atom stereocenters. The highest BCUT2D eigenvalue weighted by Gasteiger charge is 2.32. The van der Waals surface area contributed by atoms with Crippen LogP contribution in [0, 0.1) is 0 Å². The topological polar surface area (TPSA) is 82.3 Å². The Morgan fingerprint density at radius 2 is 1.90 bits per heavy atom. The molecule has 0 fully saturated rings. The van der Waals surface area contributed by atoms with E-state index in [2.05, 4.69) is 5.32 Å². The second-order valence-corrected chi connectivity index (χ2v) is 4.08. The molecule has 0 saturated carbocycles. The van der Waals surface area contributed by atoms with E-state index >= 15 is 0 Å². The zero-order chi connectivity index (χ0) is 15.5. The van der Waals surface area contributed by atoms with Crippen molar-refractivity contribution in [2.24, 2.45) is 0 Å². The van der Waals surface area contributed by atoms with Crippen LogP contribution in [0.4, 0.5) is 13.2 Å². The van der Waals surface area contributed by atoms with E-state index in [4.69, 9.17) is 0 Å². The lowest BCUT2D eigenvalue weighted by Crippen LogP contribution is -2.38. The van der Waals surface area contributed by atoms with Crippen molar-refractivity contribution in [3.63, 3.8) is 0 Å². The minimum atomic E-state index is -4.70. The predicted octanol–water partition coefficient (Wildman–Crippen LogP) is 0.212. The van der Waals surface area contributed by atoms with Gasteiger partial charge in [0.15, 0.2) is 0 Å². The first-order chi connectivity index (χ1) is 9.12. The van der Waals surface area contributed by atoms with Gasteiger partial charge in [-0.2, -0.15) is 13.2 Å². The van der Waals surface area contributed by atoms with E-state index < -0.39 is 34.8 Å². The highest BCUT2D eigenvalue weighted by molar-refractivity contribution is 5.96. The van der Waals surface area contributed by atoms with E-state index in [0.29, 0.717) is 6.07 Å². The number of carbonyl (C=O) groups excluding carboxylic acids is 2. The number of halogens is 3. The zero-order valence-corrected chi connectivity index (χ0v) is 10.7. The molecule has 6 nitrogen and oxygen atoms in total. The monoisotopic (exact) mass is 291 g/mol. The molecule has 1 aromatic heterocycles. The summed E-state index contributed by atoms with van der Waals surface area (Å²) in [4.78, 5) is 37.0. The molecule has 0 saturated heterocycles. The molecule has 0 bridgehead atoms. The third-order valence-corrected chi connectivity index (χ3v) is 2.36. The van der Waals surface area contributed by atoms with Crippen LogP contribution in [0.5, 0.6) is 0 Å². The van der Waals surface area contributed by atoms with E-state index in [1.165, 1.54) is 19.0 Å². The summed E-state index contributed by atoms with van der Waals surface area (Å²) < 4.78 is 37.0. The summed E-state index contributed by atoms with van der Waals surface area (Å²) in [6.45, 7) is -0.355. The Bertz CT molecular complexity index is 578. The molecule has 2 amide bonds. The zero-order valence-electron chi connectivity index (χ0n) is 10.7. The van der Waals surface area contributed by atoms with Crippen LogP contribution in [0.25, 0.3) is 0 Å². The van der Waals surface area contributed by atoms with Crippen molar-refractivity contribution in [1.29, 1.82) is 0 Å².